The van der Waals surface area contributed by atoms with E-state index in [2.05, 4.69) is 13.2 Å². The standard InChI is InChI=1S/C30H41N3O5/c1-8-15-31(7)26(35)23-24-27(36)33(21(10-3)18-34)25(30(24)14-13-29(23,6)38-30)28(37)32(16-9-2)22-17-19(4)11-12-20(22)5/h8-9,11-12,17,21,23-25,34H,1-2,10,13-16,18H2,3-7H3/t21-,23-,24-,25?,29+,30?/m0/s1. The molecule has 38 heavy (non-hydrogen) atoms. The number of benzene rings is 1. The molecule has 2 bridgehead atoms. The first-order valence-corrected chi connectivity index (χ1v) is 13.5. The van der Waals surface area contributed by atoms with Gasteiger partial charge in [-0.1, -0.05) is 31.2 Å². The number of fused-ring (bicyclic) bond motifs is 1. The molecule has 1 spiro atoms. The number of ether oxygens (including phenoxy) is 1. The monoisotopic (exact) mass is 523 g/mol. The predicted molar refractivity (Wildman–Crippen MR) is 147 cm³/mol. The molecule has 1 N–H and O–H groups in total. The number of aryl methyl sites for hydroxylation is 2. The van der Waals surface area contributed by atoms with Gasteiger partial charge in [-0.15, -0.1) is 13.2 Å². The lowest BCUT2D eigenvalue weighted by Gasteiger charge is -2.39. The number of aliphatic hydroxyl groups excluding tert-OH is 1. The van der Waals surface area contributed by atoms with Gasteiger partial charge in [-0.05, 0) is 57.2 Å². The molecule has 0 radical (unpaired) electrons. The molecule has 3 aliphatic rings. The molecule has 0 aliphatic carbocycles. The van der Waals surface area contributed by atoms with Crippen LogP contribution < -0.4 is 4.90 Å². The molecule has 3 amide bonds. The van der Waals surface area contributed by atoms with E-state index >= 15 is 0 Å². The minimum absolute atomic E-state index is 0.185. The number of anilines is 1. The van der Waals surface area contributed by atoms with Crippen molar-refractivity contribution in [1.82, 2.24) is 9.80 Å². The van der Waals surface area contributed by atoms with Crippen molar-refractivity contribution in [3.63, 3.8) is 0 Å². The van der Waals surface area contributed by atoms with E-state index in [1.807, 2.05) is 45.9 Å². The van der Waals surface area contributed by atoms with Crippen molar-refractivity contribution in [3.8, 4) is 0 Å². The molecule has 0 aromatic heterocycles. The summed E-state index contributed by atoms with van der Waals surface area (Å²) in [6.45, 7) is 15.6. The summed E-state index contributed by atoms with van der Waals surface area (Å²) in [7, 11) is 1.70. The molecule has 3 aliphatic heterocycles. The highest BCUT2D eigenvalue weighted by Crippen LogP contribution is 2.64. The molecule has 8 nitrogen and oxygen atoms in total. The lowest BCUT2D eigenvalue weighted by molar-refractivity contribution is -0.151. The molecule has 6 atom stereocenters. The van der Waals surface area contributed by atoms with E-state index in [1.165, 1.54) is 4.90 Å². The number of aliphatic hydroxyl groups is 1. The van der Waals surface area contributed by atoms with Crippen LogP contribution in [-0.2, 0) is 19.1 Å². The summed E-state index contributed by atoms with van der Waals surface area (Å²) in [5.74, 6) is -2.29. The van der Waals surface area contributed by atoms with E-state index in [0.717, 1.165) is 16.8 Å². The van der Waals surface area contributed by atoms with E-state index in [9.17, 15) is 19.5 Å². The normalized spacial score (nSPS) is 30.2. The van der Waals surface area contributed by atoms with E-state index in [4.69, 9.17) is 4.74 Å². The van der Waals surface area contributed by atoms with Crippen molar-refractivity contribution in [3.05, 3.63) is 54.6 Å². The first-order valence-electron chi connectivity index (χ1n) is 13.5. The molecular weight excluding hydrogens is 482 g/mol. The SMILES string of the molecule is C=CCN(C)C(=O)[C@@H]1[C@H]2C(=O)N([C@@H](CC)CO)C(C(=O)N(CC=C)c3cc(C)ccc3C)C23CC[C@@]1(C)O3. The van der Waals surface area contributed by atoms with Gasteiger partial charge >= 0.3 is 0 Å². The zero-order valence-electron chi connectivity index (χ0n) is 23.3. The molecule has 3 fully saturated rings. The van der Waals surface area contributed by atoms with Crippen LogP contribution in [0.2, 0.25) is 0 Å². The Morgan fingerprint density at radius 3 is 2.50 bits per heavy atom. The zero-order chi connectivity index (χ0) is 28.0. The molecule has 3 heterocycles. The van der Waals surface area contributed by atoms with Crippen LogP contribution in [0.5, 0.6) is 0 Å². The Hall–Kier alpha value is -2.97. The maximum absolute atomic E-state index is 14.6. The molecule has 3 saturated heterocycles. The van der Waals surface area contributed by atoms with Crippen molar-refractivity contribution < 1.29 is 24.2 Å². The molecule has 2 unspecified atom stereocenters. The fourth-order valence-electron chi connectivity index (χ4n) is 6.94. The Bertz CT molecular complexity index is 1150. The number of likely N-dealkylation sites (N-methyl/N-ethyl adjacent to an activating group) is 1. The van der Waals surface area contributed by atoms with Crippen molar-refractivity contribution >= 4 is 23.4 Å². The van der Waals surface area contributed by atoms with E-state index in [0.29, 0.717) is 25.8 Å². The highest BCUT2D eigenvalue weighted by molar-refractivity contribution is 6.05. The van der Waals surface area contributed by atoms with Gasteiger partial charge in [0.15, 0.2) is 0 Å². The number of hydrogen-bond acceptors (Lipinski definition) is 5. The van der Waals surface area contributed by atoms with Crippen LogP contribution in [0.3, 0.4) is 0 Å². The minimum Gasteiger partial charge on any atom is -0.394 e. The summed E-state index contributed by atoms with van der Waals surface area (Å²) in [4.78, 5) is 47.4. The lowest BCUT2D eigenvalue weighted by atomic mass is 9.66. The molecule has 1 aromatic carbocycles. The van der Waals surface area contributed by atoms with Gasteiger partial charge < -0.3 is 24.5 Å². The van der Waals surface area contributed by atoms with Crippen LogP contribution in [0.4, 0.5) is 5.69 Å². The third-order valence-corrected chi connectivity index (χ3v) is 8.80. The summed E-state index contributed by atoms with van der Waals surface area (Å²) < 4.78 is 6.73. The molecule has 206 valence electrons. The fourth-order valence-corrected chi connectivity index (χ4v) is 6.94. The summed E-state index contributed by atoms with van der Waals surface area (Å²) in [5, 5.41) is 10.3. The van der Waals surface area contributed by atoms with Crippen LogP contribution in [0.15, 0.2) is 43.5 Å². The Labute approximate surface area is 225 Å². The summed E-state index contributed by atoms with van der Waals surface area (Å²) in [6, 6.07) is 4.38. The maximum Gasteiger partial charge on any atom is 0.253 e. The van der Waals surface area contributed by atoms with E-state index < -0.39 is 35.1 Å². The summed E-state index contributed by atoms with van der Waals surface area (Å²) >= 11 is 0. The number of carbonyl (C=O) groups is 3. The first kappa shape index (κ1) is 28.0. The topological polar surface area (TPSA) is 90.4 Å². The van der Waals surface area contributed by atoms with Gasteiger partial charge in [-0.3, -0.25) is 14.4 Å². The van der Waals surface area contributed by atoms with Crippen molar-refractivity contribution in [1.29, 1.82) is 0 Å². The Kier molecular flexibility index (Phi) is 7.60. The number of hydrogen-bond donors (Lipinski definition) is 1. The van der Waals surface area contributed by atoms with Gasteiger partial charge in [0.2, 0.25) is 11.8 Å². The van der Waals surface area contributed by atoms with Crippen molar-refractivity contribution in [2.24, 2.45) is 11.8 Å². The van der Waals surface area contributed by atoms with Gasteiger partial charge in [0.25, 0.3) is 5.91 Å². The third-order valence-electron chi connectivity index (χ3n) is 8.80. The zero-order valence-corrected chi connectivity index (χ0v) is 23.3. The van der Waals surface area contributed by atoms with Crippen LogP contribution in [-0.4, -0.2) is 82.7 Å². The highest BCUT2D eigenvalue weighted by Gasteiger charge is 2.78. The van der Waals surface area contributed by atoms with E-state index in [-0.39, 0.29) is 30.9 Å². The largest absolute Gasteiger partial charge is 0.394 e. The summed E-state index contributed by atoms with van der Waals surface area (Å²) in [5.41, 5.74) is 0.661. The van der Waals surface area contributed by atoms with Gasteiger partial charge in [-0.25, -0.2) is 0 Å². The minimum atomic E-state index is -1.15. The number of amides is 3. The maximum atomic E-state index is 14.6. The second-order valence-electron chi connectivity index (χ2n) is 11.3. The van der Waals surface area contributed by atoms with Gasteiger partial charge in [0.05, 0.1) is 30.1 Å². The van der Waals surface area contributed by atoms with Crippen LogP contribution >= 0.6 is 0 Å². The Balaban J connectivity index is 1.87. The Morgan fingerprint density at radius 2 is 1.89 bits per heavy atom. The van der Waals surface area contributed by atoms with Crippen molar-refractivity contribution in [2.45, 2.75) is 70.2 Å². The van der Waals surface area contributed by atoms with Crippen LogP contribution in [0.25, 0.3) is 0 Å². The first-order chi connectivity index (χ1) is 18.0. The summed E-state index contributed by atoms with van der Waals surface area (Å²) in [6.07, 6.45) is 4.83. The number of nitrogens with zero attached hydrogens (tertiary/aromatic N) is 3. The molecular formula is C30H41N3O5. The average molecular weight is 524 g/mol. The second-order valence-corrected chi connectivity index (χ2v) is 11.3. The fraction of sp³-hybridized carbons (Fsp3) is 0.567. The van der Waals surface area contributed by atoms with Crippen molar-refractivity contribution in [2.75, 3.05) is 31.6 Å². The third kappa shape index (κ3) is 4.09. The molecule has 8 heteroatoms. The predicted octanol–water partition coefficient (Wildman–Crippen LogP) is 3.00. The molecule has 0 saturated carbocycles. The molecule has 1 aromatic rings. The smallest absolute Gasteiger partial charge is 0.253 e. The average Bonchev–Trinajstić information content (AvgIpc) is 3.45. The quantitative estimate of drug-likeness (QED) is 0.476. The van der Waals surface area contributed by atoms with Gasteiger partial charge in [0.1, 0.15) is 11.6 Å². The Morgan fingerprint density at radius 1 is 1.21 bits per heavy atom. The van der Waals surface area contributed by atoms with E-state index in [1.54, 1.807) is 29.0 Å². The van der Waals surface area contributed by atoms with Gasteiger partial charge in [-0.2, -0.15) is 0 Å². The highest BCUT2D eigenvalue weighted by atomic mass is 16.5. The van der Waals surface area contributed by atoms with Crippen LogP contribution in [0.1, 0.15) is 44.2 Å². The number of carbonyl (C=O) groups excluding carboxylic acids is 3. The molecule has 4 rings (SSSR count). The van der Waals surface area contributed by atoms with Crippen LogP contribution in [0, 0.1) is 25.7 Å². The number of likely N-dealkylation sites (tertiary alicyclic amines) is 1. The van der Waals surface area contributed by atoms with Gasteiger partial charge in [0, 0.05) is 25.8 Å². The second kappa shape index (κ2) is 10.3. The number of rotatable bonds is 10. The lowest BCUT2D eigenvalue weighted by Crippen LogP contribution is -2.59.